The lowest BCUT2D eigenvalue weighted by molar-refractivity contribution is -0.137. The van der Waals surface area contributed by atoms with Crippen LogP contribution in [-0.4, -0.2) is 13.2 Å². The lowest BCUT2D eigenvalue weighted by Crippen LogP contribution is -2.04. The van der Waals surface area contributed by atoms with E-state index in [0.29, 0.717) is 41.8 Å². The Morgan fingerprint density at radius 3 is 1.45 bits per heavy atom. The van der Waals surface area contributed by atoms with E-state index in [1.54, 1.807) is 18.2 Å². The number of halogens is 5. The summed E-state index contributed by atoms with van der Waals surface area (Å²) < 4.78 is 79.3. The molecular weight excluding hydrogens is 655 g/mol. The van der Waals surface area contributed by atoms with Crippen LogP contribution in [0.25, 0.3) is 22.3 Å². The number of hydrogen-bond donors (Lipinski definition) is 0. The van der Waals surface area contributed by atoms with Crippen LogP contribution in [0.3, 0.4) is 0 Å². The third-order valence-corrected chi connectivity index (χ3v) is 9.32. The first-order valence-electron chi connectivity index (χ1n) is 18.3. The first kappa shape index (κ1) is 39.7. The van der Waals surface area contributed by atoms with Crippen molar-refractivity contribution in [2.45, 2.75) is 96.6 Å². The van der Waals surface area contributed by atoms with Crippen LogP contribution in [0.4, 0.5) is 22.0 Å². The van der Waals surface area contributed by atoms with Crippen molar-refractivity contribution >= 4 is 0 Å². The third kappa shape index (κ3) is 13.5. The van der Waals surface area contributed by atoms with Gasteiger partial charge in [0, 0.05) is 23.3 Å². The quantitative estimate of drug-likeness (QED) is 0.0460. The van der Waals surface area contributed by atoms with E-state index in [2.05, 4.69) is 6.58 Å². The van der Waals surface area contributed by atoms with Crippen LogP contribution >= 0.6 is 0 Å². The van der Waals surface area contributed by atoms with E-state index >= 15 is 0 Å². The van der Waals surface area contributed by atoms with Gasteiger partial charge in [0.15, 0.2) is 0 Å². The van der Waals surface area contributed by atoms with Crippen LogP contribution in [-0.2, 0) is 6.18 Å². The summed E-state index contributed by atoms with van der Waals surface area (Å²) in [6, 6.07) is 21.9. The molecular formula is C44H51F5O2. The highest BCUT2D eigenvalue weighted by atomic mass is 19.4. The molecule has 2 nitrogen and oxygen atoms in total. The molecule has 0 aromatic heterocycles. The average Bonchev–Trinajstić information content (AvgIpc) is 3.10. The average molecular weight is 707 g/mol. The SMILES string of the molecule is C=CCC(CCCCCCCOc1ccc(-c2ccc(C)cc2)c(F)c1)CCCCCCCOc1ccc(-c2ccc(C(F)(F)F)cc2)c(F)c1. The normalized spacial score (nSPS) is 12.1. The van der Waals surface area contributed by atoms with E-state index in [1.807, 2.05) is 43.3 Å². The van der Waals surface area contributed by atoms with E-state index in [4.69, 9.17) is 9.47 Å². The third-order valence-electron chi connectivity index (χ3n) is 9.32. The zero-order chi connectivity index (χ0) is 36.5. The summed E-state index contributed by atoms with van der Waals surface area (Å²) in [5.74, 6) is 0.874. The number of aryl methyl sites for hydroxylation is 1. The number of benzene rings is 4. The summed E-state index contributed by atoms with van der Waals surface area (Å²) in [7, 11) is 0. The highest BCUT2D eigenvalue weighted by Gasteiger charge is 2.30. The van der Waals surface area contributed by atoms with Crippen molar-refractivity contribution < 1.29 is 31.4 Å². The largest absolute Gasteiger partial charge is 0.493 e. The molecule has 0 aliphatic rings. The smallest absolute Gasteiger partial charge is 0.416 e. The van der Waals surface area contributed by atoms with Crippen molar-refractivity contribution in [2.24, 2.45) is 5.92 Å². The number of alkyl halides is 3. The predicted octanol–water partition coefficient (Wildman–Crippen LogP) is 14.0. The predicted molar refractivity (Wildman–Crippen MR) is 198 cm³/mol. The first-order chi connectivity index (χ1) is 24.6. The zero-order valence-corrected chi connectivity index (χ0v) is 29.8. The van der Waals surface area contributed by atoms with Crippen LogP contribution in [0.2, 0.25) is 0 Å². The summed E-state index contributed by atoms with van der Waals surface area (Å²) >= 11 is 0. The minimum absolute atomic E-state index is 0.239. The van der Waals surface area contributed by atoms with Gasteiger partial charge in [0.05, 0.1) is 18.8 Å². The molecule has 0 aliphatic carbocycles. The van der Waals surface area contributed by atoms with Gasteiger partial charge in [-0.2, -0.15) is 13.2 Å². The summed E-state index contributed by atoms with van der Waals surface area (Å²) in [6.07, 6.45) is 12.1. The van der Waals surface area contributed by atoms with Gasteiger partial charge < -0.3 is 9.47 Å². The Labute approximate surface area is 300 Å². The van der Waals surface area contributed by atoms with Crippen LogP contribution in [0.15, 0.2) is 97.6 Å². The van der Waals surface area contributed by atoms with Crippen LogP contribution in [0.5, 0.6) is 11.5 Å². The summed E-state index contributed by atoms with van der Waals surface area (Å²) in [5.41, 5.74) is 2.46. The Bertz CT molecular complexity index is 1610. The van der Waals surface area contributed by atoms with Gasteiger partial charge in [0.25, 0.3) is 0 Å². The fourth-order valence-corrected chi connectivity index (χ4v) is 6.34. The second-order valence-corrected chi connectivity index (χ2v) is 13.4. The maximum absolute atomic E-state index is 14.7. The first-order valence-corrected chi connectivity index (χ1v) is 18.3. The fraction of sp³-hybridized carbons (Fsp3) is 0.409. The van der Waals surface area contributed by atoms with Gasteiger partial charge in [-0.15, -0.1) is 6.58 Å². The maximum Gasteiger partial charge on any atom is 0.416 e. The molecule has 0 bridgehead atoms. The summed E-state index contributed by atoms with van der Waals surface area (Å²) in [4.78, 5) is 0. The molecule has 51 heavy (non-hydrogen) atoms. The molecule has 0 heterocycles. The van der Waals surface area contributed by atoms with E-state index in [0.717, 1.165) is 61.8 Å². The van der Waals surface area contributed by atoms with Gasteiger partial charge in [-0.1, -0.05) is 112 Å². The highest BCUT2D eigenvalue weighted by Crippen LogP contribution is 2.33. The van der Waals surface area contributed by atoms with Gasteiger partial charge in [-0.3, -0.25) is 0 Å². The van der Waals surface area contributed by atoms with Crippen LogP contribution < -0.4 is 9.47 Å². The Balaban J connectivity index is 1.01. The highest BCUT2D eigenvalue weighted by molar-refractivity contribution is 5.66. The van der Waals surface area contributed by atoms with Crippen LogP contribution in [0, 0.1) is 24.5 Å². The lowest BCUT2D eigenvalue weighted by atomic mass is 9.91. The number of ether oxygens (including phenoxy) is 2. The summed E-state index contributed by atoms with van der Waals surface area (Å²) in [5, 5.41) is 0. The molecule has 0 N–H and O–H groups in total. The molecule has 4 aromatic carbocycles. The molecule has 0 spiro atoms. The minimum atomic E-state index is -4.43. The number of hydrogen-bond acceptors (Lipinski definition) is 2. The second kappa shape index (κ2) is 20.7. The van der Waals surface area contributed by atoms with Crippen molar-refractivity contribution in [3.63, 3.8) is 0 Å². The molecule has 274 valence electrons. The fourth-order valence-electron chi connectivity index (χ4n) is 6.34. The molecule has 0 aliphatic heterocycles. The Morgan fingerprint density at radius 2 is 1.02 bits per heavy atom. The van der Waals surface area contributed by atoms with Crippen molar-refractivity contribution in [3.05, 3.63) is 120 Å². The standard InChI is InChI=1S/C44H51F5O2/c1-3-14-34(15-10-6-4-8-12-29-50-38-25-27-40(42(45)31-38)35-19-17-33(2)18-20-35)16-11-7-5-9-13-30-51-39-26-28-41(43(46)32-39)36-21-23-37(24-22-36)44(47,48)49/h3,17-28,31-32,34H,1,4-16,29-30H2,2H3. The zero-order valence-electron chi connectivity index (χ0n) is 29.8. The monoisotopic (exact) mass is 706 g/mol. The van der Waals surface area contributed by atoms with Crippen molar-refractivity contribution in [3.8, 4) is 33.8 Å². The van der Waals surface area contributed by atoms with E-state index in [-0.39, 0.29) is 11.4 Å². The van der Waals surface area contributed by atoms with Crippen molar-refractivity contribution in [1.82, 2.24) is 0 Å². The molecule has 0 saturated carbocycles. The molecule has 1 unspecified atom stereocenters. The number of rotatable bonds is 22. The minimum Gasteiger partial charge on any atom is -0.493 e. The molecule has 1 atom stereocenters. The summed E-state index contributed by atoms with van der Waals surface area (Å²) in [6.45, 7) is 7.06. The molecule has 7 heteroatoms. The molecule has 0 fully saturated rings. The molecule has 4 aromatic rings. The van der Waals surface area contributed by atoms with E-state index < -0.39 is 17.6 Å². The Kier molecular flexibility index (Phi) is 16.1. The Morgan fingerprint density at radius 1 is 0.588 bits per heavy atom. The Hall–Kier alpha value is -4.13. The van der Waals surface area contributed by atoms with Gasteiger partial charge in [0.1, 0.15) is 23.1 Å². The maximum atomic E-state index is 14.7. The van der Waals surface area contributed by atoms with Gasteiger partial charge in [-0.25, -0.2) is 8.78 Å². The molecule has 0 saturated heterocycles. The van der Waals surface area contributed by atoms with E-state index in [1.165, 1.54) is 69.2 Å². The molecule has 0 amide bonds. The second-order valence-electron chi connectivity index (χ2n) is 13.4. The molecule has 4 rings (SSSR count). The topological polar surface area (TPSA) is 18.5 Å². The van der Waals surface area contributed by atoms with Crippen LogP contribution in [0.1, 0.15) is 94.6 Å². The van der Waals surface area contributed by atoms with Gasteiger partial charge in [-0.05, 0) is 79.6 Å². The lowest BCUT2D eigenvalue weighted by Gasteiger charge is -2.15. The van der Waals surface area contributed by atoms with Crippen molar-refractivity contribution in [2.75, 3.05) is 13.2 Å². The van der Waals surface area contributed by atoms with Crippen molar-refractivity contribution in [1.29, 1.82) is 0 Å². The molecule has 0 radical (unpaired) electrons. The van der Waals surface area contributed by atoms with E-state index in [9.17, 15) is 22.0 Å². The van der Waals surface area contributed by atoms with Gasteiger partial charge in [0.2, 0.25) is 0 Å². The van der Waals surface area contributed by atoms with Gasteiger partial charge >= 0.3 is 6.18 Å². The number of allylic oxidation sites excluding steroid dienone is 1. The number of unbranched alkanes of at least 4 members (excludes halogenated alkanes) is 8.